The van der Waals surface area contributed by atoms with Gasteiger partial charge in [-0.25, -0.2) is 4.79 Å². The number of allylic oxidation sites excluding steroid dienone is 1. The summed E-state index contributed by atoms with van der Waals surface area (Å²) in [6.45, 7) is 6.80. The van der Waals surface area contributed by atoms with Crippen LogP contribution in [0.5, 0.6) is 0 Å². The first kappa shape index (κ1) is 19.6. The van der Waals surface area contributed by atoms with Gasteiger partial charge in [0.15, 0.2) is 5.78 Å². The molecule has 0 rings (SSSR count). The number of hydrogen-bond acceptors (Lipinski definition) is 4. The molecule has 0 aliphatic heterocycles. The fraction of sp³-hybridized carbons (Fsp3) is 0.615. The van der Waals surface area contributed by atoms with Crippen molar-refractivity contribution in [3.63, 3.8) is 0 Å². The second-order valence-electron chi connectivity index (χ2n) is 3.93. The molecular formula is C13H20O4Ti. The van der Waals surface area contributed by atoms with Crippen LogP contribution in [0.2, 0.25) is 0 Å². The Labute approximate surface area is 123 Å². The van der Waals surface area contributed by atoms with Gasteiger partial charge in [-0.1, -0.05) is 13.8 Å². The quantitative estimate of drug-likeness (QED) is 0.326. The molecule has 0 aliphatic carbocycles. The summed E-state index contributed by atoms with van der Waals surface area (Å²) in [5, 5.41) is 0. The Morgan fingerprint density at radius 3 is 1.83 bits per heavy atom. The van der Waals surface area contributed by atoms with Gasteiger partial charge in [0.2, 0.25) is 0 Å². The van der Waals surface area contributed by atoms with Gasteiger partial charge in [-0.2, -0.15) is 0 Å². The van der Waals surface area contributed by atoms with Crippen LogP contribution >= 0.6 is 0 Å². The molecule has 0 saturated heterocycles. The van der Waals surface area contributed by atoms with E-state index in [2.05, 4.69) is 4.74 Å². The first-order chi connectivity index (χ1) is 7.93. The summed E-state index contributed by atoms with van der Waals surface area (Å²) in [6.07, 6.45) is 1.97. The first-order valence-electron chi connectivity index (χ1n) is 5.89. The normalized spacial score (nSPS) is 11.1. The number of esters is 2. The zero-order valence-electron chi connectivity index (χ0n) is 11.5. The van der Waals surface area contributed by atoms with Gasteiger partial charge in [0.05, 0.1) is 0 Å². The van der Waals surface area contributed by atoms with E-state index in [-0.39, 0.29) is 39.5 Å². The maximum atomic E-state index is 11.5. The summed E-state index contributed by atoms with van der Waals surface area (Å²) in [5.74, 6) is -1.34. The second-order valence-corrected chi connectivity index (χ2v) is 3.93. The number of carbonyl (C=O) groups excluding carboxylic acids is 3. The Balaban J connectivity index is 0. The summed E-state index contributed by atoms with van der Waals surface area (Å²) in [6, 6.07) is 0. The molecule has 0 fully saturated rings. The number of rotatable bonds is 6. The second kappa shape index (κ2) is 10.2. The molecule has 4 nitrogen and oxygen atoms in total. The topological polar surface area (TPSA) is 60.4 Å². The molecule has 0 amide bonds. The molecule has 0 spiro atoms. The van der Waals surface area contributed by atoms with E-state index in [1.165, 1.54) is 6.92 Å². The van der Waals surface area contributed by atoms with Gasteiger partial charge in [-0.05, 0) is 26.7 Å². The number of ether oxygens (including phenoxy) is 1. The molecule has 0 heterocycles. The largest absolute Gasteiger partial charge is 0.390 e. The van der Waals surface area contributed by atoms with E-state index in [0.29, 0.717) is 18.4 Å². The summed E-state index contributed by atoms with van der Waals surface area (Å²) in [4.78, 5) is 34.2. The molecule has 0 aromatic heterocycles. The standard InChI is InChI=1S/C13H20O4.Ti/c1-5-7-11(14)9(3)10(4)13(16)17-12(15)8-6-2;/h5-8H2,1-4H3;. The van der Waals surface area contributed by atoms with E-state index in [1.807, 2.05) is 13.8 Å². The zero-order chi connectivity index (χ0) is 13.4. The van der Waals surface area contributed by atoms with Gasteiger partial charge in [0.25, 0.3) is 0 Å². The molecule has 0 aromatic carbocycles. The van der Waals surface area contributed by atoms with Crippen molar-refractivity contribution >= 4 is 17.7 Å². The van der Waals surface area contributed by atoms with Crippen LogP contribution in [0.15, 0.2) is 11.1 Å². The van der Waals surface area contributed by atoms with E-state index in [0.717, 1.165) is 6.42 Å². The maximum absolute atomic E-state index is 11.5. The molecule has 100 valence electrons. The smallest absolute Gasteiger partial charge is 0.341 e. The van der Waals surface area contributed by atoms with Crippen LogP contribution in [0, 0.1) is 0 Å². The SMILES string of the molecule is CCCC(=O)OC(=O)C(C)=C(C)C(=O)CCC.[Ti]. The summed E-state index contributed by atoms with van der Waals surface area (Å²) < 4.78 is 4.61. The Morgan fingerprint density at radius 1 is 0.889 bits per heavy atom. The van der Waals surface area contributed by atoms with E-state index in [9.17, 15) is 14.4 Å². The van der Waals surface area contributed by atoms with Crippen molar-refractivity contribution in [1.29, 1.82) is 0 Å². The molecule has 0 aromatic rings. The molecular weight excluding hydrogens is 268 g/mol. The van der Waals surface area contributed by atoms with E-state index in [1.54, 1.807) is 6.92 Å². The van der Waals surface area contributed by atoms with Gasteiger partial charge in [0, 0.05) is 45.7 Å². The molecule has 0 bridgehead atoms. The predicted octanol–water partition coefficient (Wildman–Crippen LogP) is 2.56. The third kappa shape index (κ3) is 6.87. The molecule has 0 atom stereocenters. The van der Waals surface area contributed by atoms with Crippen LogP contribution < -0.4 is 0 Å². The summed E-state index contributed by atoms with van der Waals surface area (Å²) >= 11 is 0. The fourth-order valence-corrected chi connectivity index (χ4v) is 1.21. The van der Waals surface area contributed by atoms with Crippen molar-refractivity contribution < 1.29 is 40.8 Å². The van der Waals surface area contributed by atoms with Gasteiger partial charge in [-0.3, -0.25) is 9.59 Å². The van der Waals surface area contributed by atoms with E-state index in [4.69, 9.17) is 0 Å². The molecule has 0 unspecified atom stereocenters. The van der Waals surface area contributed by atoms with Crippen LogP contribution in [0.4, 0.5) is 0 Å². The van der Waals surface area contributed by atoms with E-state index < -0.39 is 11.9 Å². The average molecular weight is 288 g/mol. The number of Topliss-reactive ketones (excluding diaryl/α,β-unsaturated/α-hetero) is 1. The van der Waals surface area contributed by atoms with Crippen LogP contribution in [0.1, 0.15) is 53.4 Å². The minimum absolute atomic E-state index is 0. The summed E-state index contributed by atoms with van der Waals surface area (Å²) in [7, 11) is 0. The third-order valence-corrected chi connectivity index (χ3v) is 2.42. The zero-order valence-corrected chi connectivity index (χ0v) is 13.0. The molecule has 0 N–H and O–H groups in total. The third-order valence-electron chi connectivity index (χ3n) is 2.42. The van der Waals surface area contributed by atoms with Crippen LogP contribution in [-0.4, -0.2) is 17.7 Å². The van der Waals surface area contributed by atoms with Gasteiger partial charge in [-0.15, -0.1) is 0 Å². The maximum Gasteiger partial charge on any atom is 0.341 e. The Morgan fingerprint density at radius 2 is 1.39 bits per heavy atom. The van der Waals surface area contributed by atoms with Crippen molar-refractivity contribution in [1.82, 2.24) is 0 Å². The van der Waals surface area contributed by atoms with Crippen LogP contribution in [0.25, 0.3) is 0 Å². The predicted molar refractivity (Wildman–Crippen MR) is 64.3 cm³/mol. The summed E-state index contributed by atoms with van der Waals surface area (Å²) in [5.41, 5.74) is 0.592. The van der Waals surface area contributed by atoms with Crippen molar-refractivity contribution in [2.45, 2.75) is 53.4 Å². The molecule has 0 radical (unpaired) electrons. The van der Waals surface area contributed by atoms with Gasteiger partial charge < -0.3 is 4.74 Å². The first-order valence-corrected chi connectivity index (χ1v) is 5.89. The Bertz CT molecular complexity index is 345. The van der Waals surface area contributed by atoms with Crippen molar-refractivity contribution in [2.75, 3.05) is 0 Å². The minimum Gasteiger partial charge on any atom is -0.390 e. The molecule has 5 heteroatoms. The number of hydrogen-bond donors (Lipinski definition) is 0. The molecule has 0 aliphatic rings. The van der Waals surface area contributed by atoms with Crippen LogP contribution in [-0.2, 0) is 40.8 Å². The Kier molecular flexibility index (Phi) is 11.1. The van der Waals surface area contributed by atoms with Gasteiger partial charge >= 0.3 is 11.9 Å². The molecule has 0 saturated carbocycles. The van der Waals surface area contributed by atoms with Crippen molar-refractivity contribution in [3.05, 3.63) is 11.1 Å². The Hall–Kier alpha value is -0.736. The average Bonchev–Trinajstić information content (AvgIpc) is 2.27. The monoisotopic (exact) mass is 288 g/mol. The number of carbonyl (C=O) groups is 3. The van der Waals surface area contributed by atoms with E-state index >= 15 is 0 Å². The van der Waals surface area contributed by atoms with Crippen molar-refractivity contribution in [2.24, 2.45) is 0 Å². The van der Waals surface area contributed by atoms with Crippen LogP contribution in [0.3, 0.4) is 0 Å². The fourth-order valence-electron chi connectivity index (χ4n) is 1.21. The van der Waals surface area contributed by atoms with Gasteiger partial charge in [0.1, 0.15) is 0 Å². The van der Waals surface area contributed by atoms with Crippen molar-refractivity contribution in [3.8, 4) is 0 Å². The molecule has 18 heavy (non-hydrogen) atoms. The number of ketones is 1. The minimum atomic E-state index is -0.717.